The maximum absolute atomic E-state index is 11.2. The lowest BCUT2D eigenvalue weighted by Gasteiger charge is -2.34. The summed E-state index contributed by atoms with van der Waals surface area (Å²) in [6.07, 6.45) is 2.88. The molecule has 5 nitrogen and oxygen atoms in total. The van der Waals surface area contributed by atoms with Crippen LogP contribution in [0.15, 0.2) is 0 Å². The first-order valence-corrected chi connectivity index (χ1v) is 7.49. The number of carboxylic acid groups (broad SMARTS) is 1. The van der Waals surface area contributed by atoms with Gasteiger partial charge in [0.05, 0.1) is 5.69 Å². The van der Waals surface area contributed by atoms with E-state index in [9.17, 15) is 9.90 Å². The molecule has 1 aliphatic rings. The standard InChI is InChI=1S/C13H21N3O2S/c1-4-10-11(12(17)18)19-13(14-10)16(3)9-5-7-15(2)8-6-9/h9H,4-8H2,1-3H3,(H,17,18). The minimum absolute atomic E-state index is 0.386. The van der Waals surface area contributed by atoms with Crippen LogP contribution in [0.25, 0.3) is 0 Å². The van der Waals surface area contributed by atoms with Crippen LogP contribution < -0.4 is 4.90 Å². The number of aromatic carboxylic acids is 1. The van der Waals surface area contributed by atoms with Crippen LogP contribution in [0.4, 0.5) is 5.13 Å². The maximum Gasteiger partial charge on any atom is 0.347 e. The monoisotopic (exact) mass is 283 g/mol. The molecule has 0 spiro atoms. The van der Waals surface area contributed by atoms with Crippen molar-refractivity contribution in [2.24, 2.45) is 0 Å². The van der Waals surface area contributed by atoms with Gasteiger partial charge in [-0.15, -0.1) is 0 Å². The molecule has 0 amide bonds. The first-order valence-electron chi connectivity index (χ1n) is 6.67. The van der Waals surface area contributed by atoms with Gasteiger partial charge in [0, 0.05) is 13.1 Å². The van der Waals surface area contributed by atoms with Gasteiger partial charge in [0.1, 0.15) is 4.88 Å². The van der Waals surface area contributed by atoms with E-state index in [0.29, 0.717) is 23.0 Å². The topological polar surface area (TPSA) is 56.7 Å². The number of thiazole rings is 1. The zero-order chi connectivity index (χ0) is 14.0. The molecule has 1 fully saturated rings. The fraction of sp³-hybridized carbons (Fsp3) is 0.692. The summed E-state index contributed by atoms with van der Waals surface area (Å²) >= 11 is 1.30. The van der Waals surface area contributed by atoms with Crippen molar-refractivity contribution in [3.8, 4) is 0 Å². The predicted octanol–water partition coefficient (Wildman–Crippen LogP) is 1.93. The number of carboxylic acids is 1. The minimum Gasteiger partial charge on any atom is -0.477 e. The zero-order valence-electron chi connectivity index (χ0n) is 11.7. The van der Waals surface area contributed by atoms with Crippen LogP contribution in [0.1, 0.15) is 35.1 Å². The van der Waals surface area contributed by atoms with E-state index in [-0.39, 0.29) is 0 Å². The van der Waals surface area contributed by atoms with Crippen molar-refractivity contribution in [1.82, 2.24) is 9.88 Å². The van der Waals surface area contributed by atoms with Crippen molar-refractivity contribution in [3.05, 3.63) is 10.6 Å². The number of aromatic nitrogens is 1. The van der Waals surface area contributed by atoms with E-state index in [1.54, 1.807) is 0 Å². The fourth-order valence-corrected chi connectivity index (χ4v) is 3.46. The Bertz CT molecular complexity index is 453. The molecule has 0 bridgehead atoms. The van der Waals surface area contributed by atoms with Gasteiger partial charge in [-0.2, -0.15) is 0 Å². The fourth-order valence-electron chi connectivity index (χ4n) is 2.44. The molecule has 2 heterocycles. The molecule has 1 N–H and O–H groups in total. The van der Waals surface area contributed by atoms with Gasteiger partial charge in [0.2, 0.25) is 0 Å². The van der Waals surface area contributed by atoms with Crippen molar-refractivity contribution in [2.75, 3.05) is 32.1 Å². The molecule has 0 aromatic carbocycles. The van der Waals surface area contributed by atoms with E-state index >= 15 is 0 Å². The van der Waals surface area contributed by atoms with Gasteiger partial charge in [-0.25, -0.2) is 9.78 Å². The van der Waals surface area contributed by atoms with Crippen molar-refractivity contribution in [1.29, 1.82) is 0 Å². The van der Waals surface area contributed by atoms with Crippen molar-refractivity contribution in [3.63, 3.8) is 0 Å². The zero-order valence-corrected chi connectivity index (χ0v) is 12.5. The third-order valence-corrected chi connectivity index (χ3v) is 4.93. The van der Waals surface area contributed by atoms with E-state index in [0.717, 1.165) is 31.1 Å². The molecule has 1 saturated heterocycles. The highest BCUT2D eigenvalue weighted by Gasteiger charge is 2.25. The van der Waals surface area contributed by atoms with Gasteiger partial charge in [-0.05, 0) is 39.4 Å². The Balaban J connectivity index is 2.15. The molecule has 0 aliphatic carbocycles. The predicted molar refractivity (Wildman–Crippen MR) is 77.4 cm³/mol. The van der Waals surface area contributed by atoms with Gasteiger partial charge < -0.3 is 14.9 Å². The van der Waals surface area contributed by atoms with Gasteiger partial charge in [-0.3, -0.25) is 0 Å². The summed E-state index contributed by atoms with van der Waals surface area (Å²) in [7, 11) is 4.16. The third-order valence-electron chi connectivity index (χ3n) is 3.75. The number of likely N-dealkylation sites (tertiary alicyclic amines) is 1. The largest absolute Gasteiger partial charge is 0.477 e. The normalized spacial score (nSPS) is 17.6. The number of hydrogen-bond acceptors (Lipinski definition) is 5. The number of carbonyl (C=O) groups is 1. The summed E-state index contributed by atoms with van der Waals surface area (Å²) in [6.45, 7) is 4.13. The summed E-state index contributed by atoms with van der Waals surface area (Å²) in [5.74, 6) is -0.864. The van der Waals surface area contributed by atoms with Crippen molar-refractivity contribution < 1.29 is 9.90 Å². The molecule has 0 unspecified atom stereocenters. The molecule has 2 rings (SSSR count). The van der Waals surface area contributed by atoms with Crippen LogP contribution in [0.3, 0.4) is 0 Å². The summed E-state index contributed by atoms with van der Waals surface area (Å²) in [4.78, 5) is 20.5. The van der Waals surface area contributed by atoms with Crippen LogP contribution in [-0.2, 0) is 6.42 Å². The smallest absolute Gasteiger partial charge is 0.347 e. The molecular weight excluding hydrogens is 262 g/mol. The lowest BCUT2D eigenvalue weighted by atomic mass is 10.0. The third kappa shape index (κ3) is 3.06. The molecular formula is C13H21N3O2S. The quantitative estimate of drug-likeness (QED) is 0.915. The first kappa shape index (κ1) is 14.3. The highest BCUT2D eigenvalue weighted by Crippen LogP contribution is 2.29. The summed E-state index contributed by atoms with van der Waals surface area (Å²) in [5.41, 5.74) is 0.701. The molecule has 19 heavy (non-hydrogen) atoms. The van der Waals surface area contributed by atoms with E-state index in [4.69, 9.17) is 0 Å². The first-order chi connectivity index (χ1) is 9.02. The summed E-state index contributed by atoms with van der Waals surface area (Å²) < 4.78 is 0. The minimum atomic E-state index is -0.864. The van der Waals surface area contributed by atoms with E-state index < -0.39 is 5.97 Å². The van der Waals surface area contributed by atoms with Gasteiger partial charge in [-0.1, -0.05) is 18.3 Å². The molecule has 0 atom stereocenters. The number of nitrogens with zero attached hydrogens (tertiary/aromatic N) is 3. The second-order valence-electron chi connectivity index (χ2n) is 5.08. The van der Waals surface area contributed by atoms with E-state index in [1.165, 1.54) is 11.3 Å². The average Bonchev–Trinajstić information content (AvgIpc) is 2.83. The molecule has 0 saturated carbocycles. The Hall–Kier alpha value is -1.14. The Morgan fingerprint density at radius 2 is 2.16 bits per heavy atom. The summed E-state index contributed by atoms with van der Waals surface area (Å²) in [6, 6.07) is 0.466. The molecule has 1 aromatic heterocycles. The Kier molecular flexibility index (Phi) is 4.42. The van der Waals surface area contributed by atoms with Crippen LogP contribution in [-0.4, -0.2) is 54.2 Å². The number of aryl methyl sites for hydroxylation is 1. The molecule has 0 radical (unpaired) electrons. The highest BCUT2D eigenvalue weighted by molar-refractivity contribution is 7.17. The number of anilines is 1. The Morgan fingerprint density at radius 3 is 2.63 bits per heavy atom. The molecule has 106 valence electrons. The Labute approximate surface area is 117 Å². The number of hydrogen-bond donors (Lipinski definition) is 1. The lowest BCUT2D eigenvalue weighted by Crippen LogP contribution is -2.41. The van der Waals surface area contributed by atoms with Gasteiger partial charge in [0.15, 0.2) is 5.13 Å². The maximum atomic E-state index is 11.2. The van der Waals surface area contributed by atoms with Crippen molar-refractivity contribution in [2.45, 2.75) is 32.2 Å². The highest BCUT2D eigenvalue weighted by atomic mass is 32.1. The number of piperidine rings is 1. The van der Waals surface area contributed by atoms with Gasteiger partial charge in [0.25, 0.3) is 0 Å². The lowest BCUT2D eigenvalue weighted by molar-refractivity contribution is 0.0701. The van der Waals surface area contributed by atoms with Crippen LogP contribution in [0, 0.1) is 0 Å². The van der Waals surface area contributed by atoms with Crippen LogP contribution >= 0.6 is 11.3 Å². The van der Waals surface area contributed by atoms with E-state index in [1.807, 2.05) is 14.0 Å². The summed E-state index contributed by atoms with van der Waals surface area (Å²) in [5, 5.41) is 10.0. The SMILES string of the molecule is CCc1nc(N(C)C2CCN(C)CC2)sc1C(=O)O. The average molecular weight is 283 g/mol. The Morgan fingerprint density at radius 1 is 1.53 bits per heavy atom. The molecule has 6 heteroatoms. The molecule has 1 aromatic rings. The molecule has 1 aliphatic heterocycles. The second kappa shape index (κ2) is 5.88. The second-order valence-corrected chi connectivity index (χ2v) is 6.05. The number of rotatable bonds is 4. The van der Waals surface area contributed by atoms with Gasteiger partial charge >= 0.3 is 5.97 Å². The van der Waals surface area contributed by atoms with Crippen molar-refractivity contribution >= 4 is 22.4 Å². The van der Waals surface area contributed by atoms with Crippen LogP contribution in [0.2, 0.25) is 0 Å². The van der Waals surface area contributed by atoms with Crippen LogP contribution in [0.5, 0.6) is 0 Å². The van der Waals surface area contributed by atoms with E-state index in [2.05, 4.69) is 21.8 Å².